The van der Waals surface area contributed by atoms with Gasteiger partial charge in [0.1, 0.15) is 0 Å². The van der Waals surface area contributed by atoms with Crippen molar-refractivity contribution in [1.82, 2.24) is 0 Å². The highest BCUT2D eigenvalue weighted by molar-refractivity contribution is 6.15. The standard InChI is InChI=1S/C47H34O/c1-25-21-33-38(27-13-5-3-6-14-27)40-31-19-11-9-17-29(31)23-35(40)44-42(33)46-37(25)26(2)22-34-39(28-15-7-4-8-16-28)41-32-20-12-10-18-30(32)24-36(41)45(43(34)46)47(44)48/h3-22,38-39,44-45H,23-24H2,1-2H3. The third kappa shape index (κ3) is 3.25. The fourth-order valence-electron chi connectivity index (χ4n) is 10.7. The van der Waals surface area contributed by atoms with Crippen LogP contribution in [-0.2, 0) is 17.6 Å². The Morgan fingerprint density at radius 3 is 1.35 bits per heavy atom. The lowest BCUT2D eigenvalue weighted by molar-refractivity contribution is -0.120. The van der Waals surface area contributed by atoms with E-state index >= 15 is 4.79 Å². The summed E-state index contributed by atoms with van der Waals surface area (Å²) in [6.45, 7) is 4.61. The summed E-state index contributed by atoms with van der Waals surface area (Å²) in [7, 11) is 0. The smallest absolute Gasteiger partial charge is 0.155 e. The number of carbonyl (C=O) groups is 1. The van der Waals surface area contributed by atoms with Gasteiger partial charge in [-0.15, -0.1) is 0 Å². The molecule has 0 saturated carbocycles. The molecule has 0 N–H and O–H groups in total. The van der Waals surface area contributed by atoms with E-state index < -0.39 is 0 Å². The van der Waals surface area contributed by atoms with E-state index in [9.17, 15) is 0 Å². The zero-order valence-electron chi connectivity index (χ0n) is 27.2. The van der Waals surface area contributed by atoms with E-state index in [1.807, 2.05) is 0 Å². The van der Waals surface area contributed by atoms with Gasteiger partial charge in [0.15, 0.2) is 5.78 Å². The van der Waals surface area contributed by atoms with E-state index in [1.54, 1.807) is 0 Å². The summed E-state index contributed by atoms with van der Waals surface area (Å²) in [5.74, 6) is 0.113. The molecule has 0 heterocycles. The van der Waals surface area contributed by atoms with Crippen LogP contribution in [0.1, 0.15) is 90.4 Å². The van der Waals surface area contributed by atoms with Gasteiger partial charge in [-0.05, 0) is 127 Å². The molecular formula is C47H34O. The summed E-state index contributed by atoms with van der Waals surface area (Å²) in [6.07, 6.45) is 1.69. The fourth-order valence-corrected chi connectivity index (χ4v) is 10.7. The van der Waals surface area contributed by atoms with E-state index in [1.165, 1.54) is 99.8 Å². The van der Waals surface area contributed by atoms with Crippen molar-refractivity contribution in [3.05, 3.63) is 199 Å². The monoisotopic (exact) mass is 614 g/mol. The maximum absolute atomic E-state index is 15.7. The van der Waals surface area contributed by atoms with Crippen molar-refractivity contribution in [1.29, 1.82) is 0 Å². The van der Waals surface area contributed by atoms with Crippen molar-refractivity contribution in [3.63, 3.8) is 0 Å². The minimum Gasteiger partial charge on any atom is -0.298 e. The second-order valence-corrected chi connectivity index (χ2v) is 14.6. The summed E-state index contributed by atoms with van der Waals surface area (Å²) in [5, 5.41) is 2.73. The lowest BCUT2D eigenvalue weighted by Gasteiger charge is -2.44. The number of rotatable bonds is 2. The van der Waals surface area contributed by atoms with Gasteiger partial charge in [-0.3, -0.25) is 4.79 Å². The van der Waals surface area contributed by atoms with Crippen molar-refractivity contribution >= 4 is 27.7 Å². The molecule has 4 atom stereocenters. The average molecular weight is 615 g/mol. The van der Waals surface area contributed by atoms with Crippen LogP contribution in [0.5, 0.6) is 0 Å². The molecule has 0 bridgehead atoms. The van der Waals surface area contributed by atoms with Crippen molar-refractivity contribution < 1.29 is 4.79 Å². The third-order valence-corrected chi connectivity index (χ3v) is 12.3. The maximum atomic E-state index is 15.7. The molecule has 1 heteroatoms. The van der Waals surface area contributed by atoms with Crippen LogP contribution in [0.25, 0.3) is 21.9 Å². The fraction of sp³-hybridized carbons (Fsp3) is 0.170. The van der Waals surface area contributed by atoms with E-state index in [4.69, 9.17) is 0 Å². The van der Waals surface area contributed by atoms with Crippen molar-refractivity contribution in [2.75, 3.05) is 0 Å². The number of benzene rings is 6. The minimum absolute atomic E-state index is 0.0961. The van der Waals surface area contributed by atoms with Gasteiger partial charge >= 0.3 is 0 Å². The van der Waals surface area contributed by atoms with Crippen LogP contribution >= 0.6 is 0 Å². The molecule has 0 spiro atoms. The number of carbonyl (C=O) groups excluding carboxylic acids is 1. The number of Topliss-reactive ketones (excluding diaryl/α,β-unsaturated/α-hetero) is 1. The molecule has 0 amide bonds. The van der Waals surface area contributed by atoms with Crippen LogP contribution < -0.4 is 0 Å². The van der Waals surface area contributed by atoms with Crippen LogP contribution in [0.3, 0.4) is 0 Å². The predicted molar refractivity (Wildman–Crippen MR) is 195 cm³/mol. The summed E-state index contributed by atoms with van der Waals surface area (Å²) in [4.78, 5) is 15.7. The Kier molecular flexibility index (Phi) is 5.25. The van der Waals surface area contributed by atoms with Crippen molar-refractivity contribution in [2.45, 2.75) is 50.4 Å². The number of fused-ring (bicyclic) bond motifs is 6. The molecule has 0 aliphatic heterocycles. The molecule has 6 aromatic carbocycles. The van der Waals surface area contributed by atoms with Crippen LogP contribution in [0.4, 0.5) is 0 Å². The van der Waals surface area contributed by atoms with E-state index in [0.717, 1.165) is 12.8 Å². The highest BCUT2D eigenvalue weighted by Gasteiger charge is 2.53. The number of hydrogen-bond donors (Lipinski definition) is 0. The SMILES string of the molecule is Cc1cc2c3c4c5c(cc(C)c14)C(c1ccccc1)C1=C(Cc4ccccc41)C5C(=O)C3C1=C(c3ccccc3C1)C2c1ccccc1. The lowest BCUT2D eigenvalue weighted by atomic mass is 9.57. The van der Waals surface area contributed by atoms with Crippen molar-refractivity contribution in [2.24, 2.45) is 0 Å². The third-order valence-electron chi connectivity index (χ3n) is 12.3. The Labute approximate surface area is 281 Å². The molecule has 5 aliphatic rings. The number of hydrogen-bond acceptors (Lipinski definition) is 1. The first-order chi connectivity index (χ1) is 23.6. The van der Waals surface area contributed by atoms with Gasteiger partial charge in [0.2, 0.25) is 0 Å². The molecule has 48 heavy (non-hydrogen) atoms. The Balaban J connectivity index is 1.30. The van der Waals surface area contributed by atoms with Gasteiger partial charge in [0, 0.05) is 11.8 Å². The first-order valence-electron chi connectivity index (χ1n) is 17.5. The molecule has 11 rings (SSSR count). The van der Waals surface area contributed by atoms with Crippen LogP contribution in [0, 0.1) is 13.8 Å². The number of ketones is 1. The Morgan fingerprint density at radius 2 is 0.896 bits per heavy atom. The minimum atomic E-state index is -0.233. The lowest BCUT2D eigenvalue weighted by Crippen LogP contribution is -2.35. The average Bonchev–Trinajstić information content (AvgIpc) is 3.69. The number of allylic oxidation sites excluding steroid dienone is 4. The molecule has 1 nitrogen and oxygen atoms in total. The largest absolute Gasteiger partial charge is 0.298 e. The molecule has 0 saturated heterocycles. The molecule has 0 fully saturated rings. The maximum Gasteiger partial charge on any atom is 0.155 e. The molecule has 5 aliphatic carbocycles. The van der Waals surface area contributed by atoms with E-state index in [-0.39, 0.29) is 23.7 Å². The summed E-state index contributed by atoms with van der Waals surface area (Å²) < 4.78 is 0. The molecular weight excluding hydrogens is 581 g/mol. The second-order valence-electron chi connectivity index (χ2n) is 14.6. The number of aryl methyl sites for hydroxylation is 2. The Morgan fingerprint density at radius 1 is 0.479 bits per heavy atom. The normalized spacial score (nSPS) is 22.5. The van der Waals surface area contributed by atoms with Gasteiger partial charge in [-0.2, -0.15) is 0 Å². The van der Waals surface area contributed by atoms with E-state index in [2.05, 4.69) is 135 Å². The van der Waals surface area contributed by atoms with Gasteiger partial charge in [-0.25, -0.2) is 0 Å². The van der Waals surface area contributed by atoms with Crippen molar-refractivity contribution in [3.8, 4) is 0 Å². The highest BCUT2D eigenvalue weighted by Crippen LogP contribution is 2.65. The van der Waals surface area contributed by atoms with Crippen LogP contribution in [0.2, 0.25) is 0 Å². The zero-order valence-corrected chi connectivity index (χ0v) is 27.2. The first-order valence-corrected chi connectivity index (χ1v) is 17.5. The quantitative estimate of drug-likeness (QED) is 0.190. The van der Waals surface area contributed by atoms with Gasteiger partial charge in [-0.1, -0.05) is 121 Å². The second kappa shape index (κ2) is 9.42. The summed E-state index contributed by atoms with van der Waals surface area (Å²) >= 11 is 0. The van der Waals surface area contributed by atoms with Gasteiger partial charge < -0.3 is 0 Å². The Hall–Kier alpha value is -5.27. The predicted octanol–water partition coefficient (Wildman–Crippen LogP) is 10.5. The molecule has 4 unspecified atom stereocenters. The molecule has 0 aromatic heterocycles. The van der Waals surface area contributed by atoms with Crippen LogP contribution in [-0.4, -0.2) is 5.78 Å². The van der Waals surface area contributed by atoms with Crippen LogP contribution in [0.15, 0.2) is 132 Å². The topological polar surface area (TPSA) is 17.1 Å². The first kappa shape index (κ1) is 26.8. The zero-order chi connectivity index (χ0) is 31.8. The molecule has 228 valence electrons. The summed E-state index contributed by atoms with van der Waals surface area (Å²) in [6, 6.07) is 44.8. The highest BCUT2D eigenvalue weighted by atomic mass is 16.1. The Bertz CT molecular complexity index is 2320. The van der Waals surface area contributed by atoms with Gasteiger partial charge in [0.05, 0.1) is 11.8 Å². The van der Waals surface area contributed by atoms with E-state index in [0.29, 0.717) is 5.78 Å². The molecule has 0 radical (unpaired) electrons. The van der Waals surface area contributed by atoms with Gasteiger partial charge in [0.25, 0.3) is 0 Å². The molecule has 6 aromatic rings. The summed E-state index contributed by atoms with van der Waals surface area (Å²) in [5.41, 5.74) is 21.3.